The first-order valence-corrected chi connectivity index (χ1v) is 16.9. The number of carbonyl (C=O) groups excluding carboxylic acids is 4. The van der Waals surface area contributed by atoms with Gasteiger partial charge in [0.15, 0.2) is 5.60 Å². The highest BCUT2D eigenvalue weighted by atomic mass is 16.7. The van der Waals surface area contributed by atoms with Gasteiger partial charge in [0.2, 0.25) is 0 Å². The van der Waals surface area contributed by atoms with E-state index in [0.29, 0.717) is 16.2 Å². The summed E-state index contributed by atoms with van der Waals surface area (Å²) in [6.07, 6.45) is 7.69. The molecule has 1 saturated heterocycles. The summed E-state index contributed by atoms with van der Waals surface area (Å²) < 4.78 is 13.8. The Kier molecular flexibility index (Phi) is 5.56. The highest BCUT2D eigenvalue weighted by molar-refractivity contribution is 6.04. The first-order valence-electron chi connectivity index (χ1n) is 16.9. The van der Waals surface area contributed by atoms with E-state index in [9.17, 15) is 19.2 Å². The van der Waals surface area contributed by atoms with Crippen molar-refractivity contribution in [2.75, 3.05) is 36.0 Å². The summed E-state index contributed by atoms with van der Waals surface area (Å²) in [6.45, 7) is 4.05. The number of fused-ring (bicyclic) bond motifs is 8. The Morgan fingerprint density at radius 3 is 1.81 bits per heavy atom. The van der Waals surface area contributed by atoms with Crippen LogP contribution in [0.5, 0.6) is 11.5 Å². The molecule has 47 heavy (non-hydrogen) atoms. The highest BCUT2D eigenvalue weighted by Gasteiger charge is 2.56. The molecule has 7 heterocycles. The third-order valence-corrected chi connectivity index (χ3v) is 11.2. The summed E-state index contributed by atoms with van der Waals surface area (Å²) in [4.78, 5) is 62.2. The molecule has 0 bridgehead atoms. The first kappa shape index (κ1) is 27.3. The van der Waals surface area contributed by atoms with E-state index in [0.717, 1.165) is 111 Å². The predicted octanol–water partition coefficient (Wildman–Crippen LogP) is 4.87. The molecule has 3 aromatic rings. The Morgan fingerprint density at radius 2 is 1.23 bits per heavy atom. The maximum Gasteiger partial charge on any atom is 0.363 e. The lowest BCUT2D eigenvalue weighted by atomic mass is 9.72. The lowest BCUT2D eigenvalue weighted by Crippen LogP contribution is -2.40. The fourth-order valence-corrected chi connectivity index (χ4v) is 9.25. The molecule has 0 saturated carbocycles. The molecule has 10 nitrogen and oxygen atoms in total. The first-order chi connectivity index (χ1) is 22.9. The average molecular weight is 632 g/mol. The van der Waals surface area contributed by atoms with Gasteiger partial charge < -0.3 is 24.1 Å². The maximum absolute atomic E-state index is 13.9. The standard InChI is InChI=1S/C37H33N3O7/c41-29-11-12-30(42)40(29)47-35(43)22-9-10-23-26(19-22)37(46-36(23)44)27-17-20-5-1-13-38-15-3-7-24(31(20)38)33(27)45-34-25-8-4-16-39-14-2-6-21(32(25)39)18-28(34)37/h9-10,17-19H,1-8,11-16H2. The largest absolute Gasteiger partial charge is 0.456 e. The van der Waals surface area contributed by atoms with Crippen molar-refractivity contribution in [1.29, 1.82) is 0 Å². The fraction of sp³-hybridized carbons (Fsp3) is 0.405. The predicted molar refractivity (Wildman–Crippen MR) is 169 cm³/mol. The molecule has 1 fully saturated rings. The molecule has 0 radical (unpaired) electrons. The number of aryl methyl sites for hydroxylation is 2. The van der Waals surface area contributed by atoms with E-state index in [1.807, 2.05) is 0 Å². The number of esters is 1. The molecule has 0 N–H and O–H groups in total. The molecule has 0 aromatic heterocycles. The van der Waals surface area contributed by atoms with Gasteiger partial charge in [0.05, 0.1) is 11.1 Å². The molecule has 0 unspecified atom stereocenters. The quantitative estimate of drug-likeness (QED) is 0.289. The number of imide groups is 1. The molecule has 7 aliphatic heterocycles. The summed E-state index contributed by atoms with van der Waals surface area (Å²) in [5, 5.41) is 0.553. The normalized spacial score (nSPS) is 21.0. The van der Waals surface area contributed by atoms with Crippen molar-refractivity contribution < 1.29 is 33.5 Å². The van der Waals surface area contributed by atoms with Crippen LogP contribution < -0.4 is 14.5 Å². The average Bonchev–Trinajstić information content (AvgIpc) is 3.57. The number of benzene rings is 3. The van der Waals surface area contributed by atoms with Crippen LogP contribution in [0.1, 0.15) is 98.2 Å². The van der Waals surface area contributed by atoms with Crippen LogP contribution in [-0.2, 0) is 50.4 Å². The molecule has 238 valence electrons. The monoisotopic (exact) mass is 631 g/mol. The zero-order chi connectivity index (χ0) is 31.6. The molecule has 3 aromatic carbocycles. The molecular formula is C37H33N3O7. The summed E-state index contributed by atoms with van der Waals surface area (Å²) >= 11 is 0. The molecular weight excluding hydrogens is 598 g/mol. The van der Waals surface area contributed by atoms with Gasteiger partial charge in [0.1, 0.15) is 11.5 Å². The Bertz CT molecular complexity index is 1900. The van der Waals surface area contributed by atoms with Crippen molar-refractivity contribution in [2.45, 2.75) is 69.8 Å². The van der Waals surface area contributed by atoms with Crippen molar-refractivity contribution in [3.63, 3.8) is 0 Å². The minimum absolute atomic E-state index is 0.00346. The topological polar surface area (TPSA) is 106 Å². The number of amides is 2. The van der Waals surface area contributed by atoms with Crippen molar-refractivity contribution >= 4 is 35.1 Å². The third-order valence-electron chi connectivity index (χ3n) is 11.2. The van der Waals surface area contributed by atoms with Crippen molar-refractivity contribution in [2.24, 2.45) is 0 Å². The summed E-state index contributed by atoms with van der Waals surface area (Å²) in [5.41, 5.74) is 8.59. The molecule has 10 heteroatoms. The molecule has 10 rings (SSSR count). The number of ether oxygens (including phenoxy) is 2. The van der Waals surface area contributed by atoms with E-state index in [1.54, 1.807) is 12.1 Å². The molecule has 0 aliphatic carbocycles. The van der Waals surface area contributed by atoms with E-state index in [2.05, 4.69) is 21.9 Å². The summed E-state index contributed by atoms with van der Waals surface area (Å²) in [7, 11) is 0. The third kappa shape index (κ3) is 3.61. The van der Waals surface area contributed by atoms with E-state index >= 15 is 0 Å². The van der Waals surface area contributed by atoms with E-state index in [1.165, 1.54) is 28.6 Å². The van der Waals surface area contributed by atoms with Crippen LogP contribution in [0.15, 0.2) is 30.3 Å². The van der Waals surface area contributed by atoms with E-state index in [-0.39, 0.29) is 18.4 Å². The number of hydroxylamine groups is 2. The minimum Gasteiger partial charge on any atom is -0.456 e. The second-order valence-electron chi connectivity index (χ2n) is 13.8. The fourth-order valence-electron chi connectivity index (χ4n) is 9.25. The van der Waals surface area contributed by atoms with Gasteiger partial charge in [-0.2, -0.15) is 0 Å². The van der Waals surface area contributed by atoms with Gasteiger partial charge in [-0.15, -0.1) is 5.06 Å². The molecule has 7 aliphatic rings. The highest BCUT2D eigenvalue weighted by Crippen LogP contribution is 2.62. The number of nitrogens with zero attached hydrogens (tertiary/aromatic N) is 3. The summed E-state index contributed by atoms with van der Waals surface area (Å²) in [5.74, 6) is -0.891. The number of rotatable bonds is 2. The zero-order valence-corrected chi connectivity index (χ0v) is 26.0. The van der Waals surface area contributed by atoms with E-state index in [4.69, 9.17) is 14.3 Å². The lowest BCUT2D eigenvalue weighted by molar-refractivity contribution is -0.172. The van der Waals surface area contributed by atoms with Gasteiger partial charge in [0.25, 0.3) is 11.8 Å². The van der Waals surface area contributed by atoms with Crippen LogP contribution in [0.3, 0.4) is 0 Å². The van der Waals surface area contributed by atoms with Crippen LogP contribution in [0.2, 0.25) is 0 Å². The second-order valence-corrected chi connectivity index (χ2v) is 13.8. The van der Waals surface area contributed by atoms with Crippen molar-refractivity contribution in [1.82, 2.24) is 5.06 Å². The number of hydrogen-bond donors (Lipinski definition) is 0. The van der Waals surface area contributed by atoms with Gasteiger partial charge >= 0.3 is 11.9 Å². The number of hydrogen-bond acceptors (Lipinski definition) is 9. The van der Waals surface area contributed by atoms with Crippen LogP contribution in [0.4, 0.5) is 11.4 Å². The van der Waals surface area contributed by atoms with Crippen molar-refractivity contribution in [3.05, 3.63) is 80.4 Å². The SMILES string of the molecule is O=C(ON1C(=O)CCC1=O)c1ccc2c(c1)C1(OC2=O)c2cc3c4c(c2Oc2c1cc1c5c2CCCN5CCC1)CCCN4CCC3. The van der Waals surface area contributed by atoms with Crippen LogP contribution in [0.25, 0.3) is 0 Å². The van der Waals surface area contributed by atoms with Gasteiger partial charge in [-0.3, -0.25) is 9.59 Å². The minimum atomic E-state index is -1.35. The molecule has 2 amide bonds. The maximum atomic E-state index is 13.9. The Hall–Kier alpha value is -4.86. The van der Waals surface area contributed by atoms with Crippen LogP contribution >= 0.6 is 0 Å². The zero-order valence-electron chi connectivity index (χ0n) is 26.0. The number of carbonyl (C=O) groups is 4. The number of anilines is 2. The van der Waals surface area contributed by atoms with Crippen LogP contribution in [-0.4, -0.2) is 55.0 Å². The Morgan fingerprint density at radius 1 is 0.681 bits per heavy atom. The molecule has 1 spiro atoms. The van der Waals surface area contributed by atoms with E-state index < -0.39 is 29.4 Å². The molecule has 0 atom stereocenters. The van der Waals surface area contributed by atoms with Gasteiger partial charge in [-0.25, -0.2) is 9.59 Å². The Labute approximate surface area is 271 Å². The van der Waals surface area contributed by atoms with Crippen molar-refractivity contribution in [3.8, 4) is 11.5 Å². The second kappa shape index (κ2) is 9.59. The van der Waals surface area contributed by atoms with Crippen LogP contribution in [0, 0.1) is 0 Å². The summed E-state index contributed by atoms with van der Waals surface area (Å²) in [6, 6.07) is 9.11. The van der Waals surface area contributed by atoms with Gasteiger partial charge in [-0.1, -0.05) is 0 Å². The lowest BCUT2D eigenvalue weighted by Gasteiger charge is -2.45. The Balaban J connectivity index is 1.23. The van der Waals surface area contributed by atoms with Gasteiger partial charge in [0, 0.05) is 78.2 Å². The smallest absolute Gasteiger partial charge is 0.363 e. The van der Waals surface area contributed by atoms with Gasteiger partial charge in [-0.05, 0) is 92.8 Å².